The molecule has 1 N–H and O–H groups in total. The molecule has 0 radical (unpaired) electrons. The van der Waals surface area contributed by atoms with Crippen LogP contribution in [0.15, 0.2) is 0 Å². The molecule has 0 bridgehead atoms. The summed E-state index contributed by atoms with van der Waals surface area (Å²) in [7, 11) is 0. The van der Waals surface area contributed by atoms with E-state index in [1.807, 2.05) is 0 Å². The third kappa shape index (κ3) is 8.08. The van der Waals surface area contributed by atoms with Gasteiger partial charge in [0.25, 0.3) is 0 Å². The Morgan fingerprint density at radius 2 is 1.50 bits per heavy atom. The van der Waals surface area contributed by atoms with Crippen molar-refractivity contribution in [2.24, 2.45) is 0 Å². The van der Waals surface area contributed by atoms with Gasteiger partial charge in [0.1, 0.15) is 0 Å². The maximum absolute atomic E-state index is 5.89. The third-order valence-corrected chi connectivity index (χ3v) is 2.57. The SMILES string of the molecule is CCNCC(C)(CC)OCCOC(C)(C)C. The molecule has 0 aliphatic heterocycles. The second kappa shape index (κ2) is 7.25. The van der Waals surface area contributed by atoms with E-state index >= 15 is 0 Å². The van der Waals surface area contributed by atoms with Crippen molar-refractivity contribution in [3.63, 3.8) is 0 Å². The Morgan fingerprint density at radius 3 is 1.94 bits per heavy atom. The van der Waals surface area contributed by atoms with Crippen LogP contribution in [0.3, 0.4) is 0 Å². The topological polar surface area (TPSA) is 30.5 Å². The Morgan fingerprint density at radius 1 is 0.938 bits per heavy atom. The molecule has 0 spiro atoms. The van der Waals surface area contributed by atoms with Crippen LogP contribution in [0.2, 0.25) is 0 Å². The van der Waals surface area contributed by atoms with Gasteiger partial charge in [-0.25, -0.2) is 0 Å². The van der Waals surface area contributed by atoms with Gasteiger partial charge in [-0.05, 0) is 40.7 Å². The summed E-state index contributed by atoms with van der Waals surface area (Å²) >= 11 is 0. The van der Waals surface area contributed by atoms with Gasteiger partial charge in [-0.1, -0.05) is 13.8 Å². The molecule has 0 aromatic carbocycles. The predicted molar refractivity (Wildman–Crippen MR) is 68.9 cm³/mol. The Kier molecular flexibility index (Phi) is 7.20. The fourth-order valence-electron chi connectivity index (χ4n) is 1.30. The number of likely N-dealkylation sites (N-methyl/N-ethyl adjacent to an activating group) is 1. The average Bonchev–Trinajstić information content (AvgIpc) is 2.20. The zero-order chi connectivity index (χ0) is 12.7. The number of hydrogen-bond acceptors (Lipinski definition) is 3. The van der Waals surface area contributed by atoms with Crippen molar-refractivity contribution in [3.8, 4) is 0 Å². The molecule has 0 aromatic heterocycles. The molecule has 0 heterocycles. The fourth-order valence-corrected chi connectivity index (χ4v) is 1.30. The first kappa shape index (κ1) is 15.9. The zero-order valence-corrected chi connectivity index (χ0v) is 11.9. The quantitative estimate of drug-likeness (QED) is 0.651. The van der Waals surface area contributed by atoms with E-state index in [4.69, 9.17) is 9.47 Å². The maximum Gasteiger partial charge on any atom is 0.0776 e. The zero-order valence-electron chi connectivity index (χ0n) is 11.9. The van der Waals surface area contributed by atoms with E-state index in [1.54, 1.807) is 0 Å². The van der Waals surface area contributed by atoms with Crippen molar-refractivity contribution in [2.75, 3.05) is 26.3 Å². The summed E-state index contributed by atoms with van der Waals surface area (Å²) in [6.07, 6.45) is 1.01. The van der Waals surface area contributed by atoms with Crippen LogP contribution in [-0.2, 0) is 9.47 Å². The van der Waals surface area contributed by atoms with E-state index in [2.05, 4.69) is 46.9 Å². The van der Waals surface area contributed by atoms with E-state index in [-0.39, 0.29) is 11.2 Å². The van der Waals surface area contributed by atoms with Crippen molar-refractivity contribution >= 4 is 0 Å². The van der Waals surface area contributed by atoms with Gasteiger partial charge in [0, 0.05) is 6.54 Å². The average molecular weight is 231 g/mol. The lowest BCUT2D eigenvalue weighted by Crippen LogP contribution is -2.41. The Balaban J connectivity index is 3.77. The molecule has 3 nitrogen and oxygen atoms in total. The van der Waals surface area contributed by atoms with Crippen LogP contribution >= 0.6 is 0 Å². The van der Waals surface area contributed by atoms with Crippen LogP contribution in [0, 0.1) is 0 Å². The maximum atomic E-state index is 5.89. The monoisotopic (exact) mass is 231 g/mol. The fraction of sp³-hybridized carbons (Fsp3) is 1.00. The largest absolute Gasteiger partial charge is 0.373 e. The second-order valence-corrected chi connectivity index (χ2v) is 5.39. The highest BCUT2D eigenvalue weighted by atomic mass is 16.5. The first-order valence-electron chi connectivity index (χ1n) is 6.31. The molecule has 0 saturated carbocycles. The summed E-state index contributed by atoms with van der Waals surface area (Å²) in [5, 5.41) is 3.33. The van der Waals surface area contributed by atoms with Crippen LogP contribution in [0.5, 0.6) is 0 Å². The minimum absolute atomic E-state index is 0.0722. The number of rotatable bonds is 8. The first-order chi connectivity index (χ1) is 7.33. The highest BCUT2D eigenvalue weighted by Gasteiger charge is 2.22. The van der Waals surface area contributed by atoms with Crippen LogP contribution < -0.4 is 5.32 Å². The molecule has 16 heavy (non-hydrogen) atoms. The normalized spacial score (nSPS) is 16.1. The highest BCUT2D eigenvalue weighted by molar-refractivity contribution is 4.76. The van der Waals surface area contributed by atoms with Crippen LogP contribution in [0.4, 0.5) is 0 Å². The molecule has 0 aliphatic rings. The van der Waals surface area contributed by atoms with Gasteiger partial charge in [-0.15, -0.1) is 0 Å². The third-order valence-electron chi connectivity index (χ3n) is 2.57. The molecular formula is C13H29NO2. The van der Waals surface area contributed by atoms with Crippen molar-refractivity contribution in [1.29, 1.82) is 0 Å². The standard InChI is InChI=1S/C13H29NO2/c1-7-13(6,11-14-8-2)16-10-9-15-12(3,4)5/h14H,7-11H2,1-6H3. The summed E-state index contributed by atoms with van der Waals surface area (Å²) in [5.74, 6) is 0. The Hall–Kier alpha value is -0.120. The van der Waals surface area contributed by atoms with Gasteiger partial charge in [0.2, 0.25) is 0 Å². The van der Waals surface area contributed by atoms with Crippen molar-refractivity contribution in [3.05, 3.63) is 0 Å². The lowest BCUT2D eigenvalue weighted by molar-refractivity contribution is -0.0853. The summed E-state index contributed by atoms with van der Waals surface area (Å²) in [4.78, 5) is 0. The molecule has 1 atom stereocenters. The minimum Gasteiger partial charge on any atom is -0.373 e. The van der Waals surface area contributed by atoms with Crippen LogP contribution in [0.1, 0.15) is 48.0 Å². The van der Waals surface area contributed by atoms with Crippen molar-refractivity contribution in [1.82, 2.24) is 5.32 Å². The molecule has 0 saturated heterocycles. The van der Waals surface area contributed by atoms with Crippen molar-refractivity contribution < 1.29 is 9.47 Å². The van der Waals surface area contributed by atoms with Gasteiger partial charge >= 0.3 is 0 Å². The van der Waals surface area contributed by atoms with E-state index < -0.39 is 0 Å². The number of nitrogens with one attached hydrogen (secondary N) is 1. The lowest BCUT2D eigenvalue weighted by atomic mass is 10.0. The molecule has 3 heteroatoms. The van der Waals surface area contributed by atoms with Crippen LogP contribution in [-0.4, -0.2) is 37.5 Å². The lowest BCUT2D eigenvalue weighted by Gasteiger charge is -2.29. The van der Waals surface area contributed by atoms with Crippen molar-refractivity contribution in [2.45, 2.75) is 59.2 Å². The molecule has 0 amide bonds. The molecule has 0 aromatic rings. The summed E-state index contributed by atoms with van der Waals surface area (Å²) < 4.78 is 11.5. The van der Waals surface area contributed by atoms with Gasteiger partial charge in [-0.3, -0.25) is 0 Å². The van der Waals surface area contributed by atoms with Gasteiger partial charge in [-0.2, -0.15) is 0 Å². The molecule has 0 aliphatic carbocycles. The van der Waals surface area contributed by atoms with Gasteiger partial charge < -0.3 is 14.8 Å². The van der Waals surface area contributed by atoms with E-state index in [1.165, 1.54) is 0 Å². The number of ether oxygens (including phenoxy) is 2. The molecular weight excluding hydrogens is 202 g/mol. The molecule has 0 rings (SSSR count). The Bertz CT molecular complexity index is 177. The Labute approximate surface area is 101 Å². The van der Waals surface area contributed by atoms with E-state index in [0.717, 1.165) is 19.5 Å². The first-order valence-corrected chi connectivity index (χ1v) is 6.31. The summed E-state index contributed by atoms with van der Waals surface area (Å²) in [5.41, 5.74) is -0.148. The highest BCUT2D eigenvalue weighted by Crippen LogP contribution is 2.14. The van der Waals surface area contributed by atoms with E-state index in [9.17, 15) is 0 Å². The van der Waals surface area contributed by atoms with Gasteiger partial charge in [0.15, 0.2) is 0 Å². The summed E-state index contributed by atoms with van der Waals surface area (Å²) in [6.45, 7) is 15.8. The minimum atomic E-state index is -0.0757. The smallest absolute Gasteiger partial charge is 0.0776 e. The van der Waals surface area contributed by atoms with Crippen LogP contribution in [0.25, 0.3) is 0 Å². The molecule has 1 unspecified atom stereocenters. The van der Waals surface area contributed by atoms with E-state index in [0.29, 0.717) is 13.2 Å². The predicted octanol–water partition coefficient (Wildman–Crippen LogP) is 2.60. The van der Waals surface area contributed by atoms with Gasteiger partial charge in [0.05, 0.1) is 24.4 Å². The number of hydrogen-bond donors (Lipinski definition) is 1. The second-order valence-electron chi connectivity index (χ2n) is 5.39. The molecule has 98 valence electrons. The summed E-state index contributed by atoms with van der Waals surface area (Å²) in [6, 6.07) is 0. The molecule has 0 fully saturated rings.